The number of carbonyl (C=O) groups excluding carboxylic acids is 1. The Hall–Kier alpha value is -1.81. The number of imidazole rings is 1. The van der Waals surface area contributed by atoms with Gasteiger partial charge in [-0.25, -0.2) is 4.98 Å². The van der Waals surface area contributed by atoms with Crippen LogP contribution in [0.1, 0.15) is 24.3 Å². The number of nitrogens with zero attached hydrogens (tertiary/aromatic N) is 2. The Labute approximate surface area is 117 Å². The summed E-state index contributed by atoms with van der Waals surface area (Å²) in [6.45, 7) is 4.95. The Morgan fingerprint density at radius 2 is 2.11 bits per heavy atom. The van der Waals surface area contributed by atoms with Crippen LogP contribution in [0.25, 0.3) is 11.3 Å². The van der Waals surface area contributed by atoms with Gasteiger partial charge in [-0.05, 0) is 12.0 Å². The summed E-state index contributed by atoms with van der Waals surface area (Å²) in [5, 5.41) is 0.579. The lowest BCUT2D eigenvalue weighted by molar-refractivity contribution is 0.0996. The van der Waals surface area contributed by atoms with Crippen molar-refractivity contribution < 1.29 is 4.79 Å². The van der Waals surface area contributed by atoms with Crippen LogP contribution in [-0.4, -0.2) is 15.5 Å². The smallest absolute Gasteiger partial charge is 0.269 e. The fraction of sp³-hybridized carbons (Fsp3) is 0.286. The molecule has 0 bridgehead atoms. The van der Waals surface area contributed by atoms with Gasteiger partial charge in [0.1, 0.15) is 0 Å². The van der Waals surface area contributed by atoms with E-state index in [1.807, 2.05) is 22.8 Å². The van der Waals surface area contributed by atoms with Gasteiger partial charge >= 0.3 is 0 Å². The van der Waals surface area contributed by atoms with E-state index in [4.69, 9.17) is 17.3 Å². The lowest BCUT2D eigenvalue weighted by Crippen LogP contribution is -2.14. The minimum absolute atomic E-state index is 0.258. The van der Waals surface area contributed by atoms with Crippen LogP contribution in [0, 0.1) is 5.92 Å². The van der Waals surface area contributed by atoms with E-state index < -0.39 is 5.91 Å². The molecule has 0 unspecified atom stereocenters. The number of hydrogen-bond acceptors (Lipinski definition) is 2. The molecule has 0 aliphatic carbocycles. The first-order valence-electron chi connectivity index (χ1n) is 6.10. The van der Waals surface area contributed by atoms with Crippen molar-refractivity contribution in [3.63, 3.8) is 0 Å². The number of carbonyl (C=O) groups is 1. The number of benzene rings is 1. The van der Waals surface area contributed by atoms with E-state index in [1.54, 1.807) is 12.4 Å². The van der Waals surface area contributed by atoms with Gasteiger partial charge in [0.2, 0.25) is 0 Å². The molecule has 1 heterocycles. The van der Waals surface area contributed by atoms with Crippen molar-refractivity contribution in [2.75, 3.05) is 0 Å². The largest absolute Gasteiger partial charge is 0.364 e. The molecule has 1 aromatic carbocycles. The lowest BCUT2D eigenvalue weighted by Gasteiger charge is -2.12. The number of hydrogen-bond donors (Lipinski definition) is 1. The van der Waals surface area contributed by atoms with Crippen LogP contribution in [0.2, 0.25) is 5.02 Å². The van der Waals surface area contributed by atoms with Crippen LogP contribution in [0.5, 0.6) is 0 Å². The highest BCUT2D eigenvalue weighted by Crippen LogP contribution is 2.30. The Morgan fingerprint density at radius 3 is 2.68 bits per heavy atom. The highest BCUT2D eigenvalue weighted by Gasteiger charge is 2.19. The maximum atomic E-state index is 11.5. The SMILES string of the molecule is CC(C)Cn1cnc(C(N)=O)c1-c1ccccc1Cl. The van der Waals surface area contributed by atoms with Gasteiger partial charge in [-0.1, -0.05) is 43.6 Å². The molecule has 1 aromatic heterocycles. The van der Waals surface area contributed by atoms with Gasteiger partial charge in [0.05, 0.1) is 12.0 Å². The summed E-state index contributed by atoms with van der Waals surface area (Å²) in [5.74, 6) is -0.117. The Bertz CT molecular complexity index is 604. The molecule has 0 fully saturated rings. The van der Waals surface area contributed by atoms with Gasteiger partial charge in [0, 0.05) is 17.1 Å². The van der Waals surface area contributed by atoms with Gasteiger partial charge in [0.25, 0.3) is 5.91 Å². The standard InChI is InChI=1S/C14H16ClN3O/c1-9(2)7-18-8-17-12(14(16)19)13(18)10-5-3-4-6-11(10)15/h3-6,8-9H,7H2,1-2H3,(H2,16,19). The van der Waals surface area contributed by atoms with Crippen molar-refractivity contribution in [1.82, 2.24) is 9.55 Å². The Morgan fingerprint density at radius 1 is 1.42 bits per heavy atom. The van der Waals surface area contributed by atoms with Crippen molar-refractivity contribution in [2.24, 2.45) is 11.7 Å². The van der Waals surface area contributed by atoms with E-state index in [1.165, 1.54) is 0 Å². The summed E-state index contributed by atoms with van der Waals surface area (Å²) in [4.78, 5) is 15.6. The number of rotatable bonds is 4. The molecule has 19 heavy (non-hydrogen) atoms. The third-order valence-corrected chi connectivity index (χ3v) is 3.09. The molecular formula is C14H16ClN3O. The highest BCUT2D eigenvalue weighted by molar-refractivity contribution is 6.33. The number of amides is 1. The molecule has 100 valence electrons. The first-order chi connectivity index (χ1) is 9.00. The van der Waals surface area contributed by atoms with Crippen LogP contribution in [0.15, 0.2) is 30.6 Å². The number of halogens is 1. The first-order valence-corrected chi connectivity index (χ1v) is 6.48. The fourth-order valence-electron chi connectivity index (χ4n) is 2.03. The molecular weight excluding hydrogens is 262 g/mol. The van der Waals surface area contributed by atoms with Crippen molar-refractivity contribution in [3.05, 3.63) is 41.3 Å². The van der Waals surface area contributed by atoms with Crippen molar-refractivity contribution in [2.45, 2.75) is 20.4 Å². The molecule has 0 atom stereocenters. The first kappa shape index (κ1) is 13.6. The molecule has 2 aromatic rings. The fourth-order valence-corrected chi connectivity index (χ4v) is 2.26. The van der Waals surface area contributed by atoms with Crippen LogP contribution < -0.4 is 5.73 Å². The average molecular weight is 278 g/mol. The van der Waals surface area contributed by atoms with Crippen molar-refractivity contribution in [3.8, 4) is 11.3 Å². The van der Waals surface area contributed by atoms with Crippen LogP contribution in [0.3, 0.4) is 0 Å². The van der Waals surface area contributed by atoms with Gasteiger partial charge in [-0.3, -0.25) is 4.79 Å². The molecule has 1 amide bonds. The molecule has 0 radical (unpaired) electrons. The second-order valence-corrected chi connectivity index (χ2v) is 5.24. The molecule has 4 nitrogen and oxygen atoms in total. The van der Waals surface area contributed by atoms with E-state index in [2.05, 4.69) is 18.8 Å². The summed E-state index contributed by atoms with van der Waals surface area (Å²) in [7, 11) is 0. The van der Waals surface area contributed by atoms with Gasteiger partial charge in [-0.2, -0.15) is 0 Å². The summed E-state index contributed by atoms with van der Waals surface area (Å²) in [5.41, 5.74) is 7.11. The second-order valence-electron chi connectivity index (χ2n) is 4.83. The zero-order valence-electron chi connectivity index (χ0n) is 10.9. The summed E-state index contributed by atoms with van der Waals surface area (Å²) < 4.78 is 1.92. The minimum Gasteiger partial charge on any atom is -0.364 e. The zero-order chi connectivity index (χ0) is 14.0. The number of aromatic nitrogens is 2. The zero-order valence-corrected chi connectivity index (χ0v) is 11.7. The van der Waals surface area contributed by atoms with Crippen LogP contribution >= 0.6 is 11.6 Å². The molecule has 2 rings (SSSR count). The number of primary amides is 1. The Kier molecular flexibility index (Phi) is 3.90. The molecule has 0 spiro atoms. The molecule has 0 saturated carbocycles. The summed E-state index contributed by atoms with van der Waals surface area (Å²) >= 11 is 6.21. The van der Waals surface area contributed by atoms with Gasteiger partial charge in [0.15, 0.2) is 5.69 Å². The second kappa shape index (κ2) is 5.45. The minimum atomic E-state index is -0.544. The van der Waals surface area contributed by atoms with E-state index in [0.29, 0.717) is 16.6 Å². The van der Waals surface area contributed by atoms with E-state index in [9.17, 15) is 4.79 Å². The predicted octanol–water partition coefficient (Wildman–Crippen LogP) is 2.96. The summed E-state index contributed by atoms with van der Waals surface area (Å²) in [6, 6.07) is 7.37. The summed E-state index contributed by atoms with van der Waals surface area (Å²) in [6.07, 6.45) is 1.64. The Balaban J connectivity index is 2.61. The quantitative estimate of drug-likeness (QED) is 0.934. The van der Waals surface area contributed by atoms with E-state index >= 15 is 0 Å². The average Bonchev–Trinajstić information content (AvgIpc) is 2.72. The third kappa shape index (κ3) is 2.79. The van der Waals surface area contributed by atoms with Crippen LogP contribution in [0.4, 0.5) is 0 Å². The van der Waals surface area contributed by atoms with Crippen LogP contribution in [-0.2, 0) is 6.54 Å². The van der Waals surface area contributed by atoms with E-state index in [-0.39, 0.29) is 5.69 Å². The maximum Gasteiger partial charge on any atom is 0.269 e. The predicted molar refractivity (Wildman–Crippen MR) is 76.0 cm³/mol. The van der Waals surface area contributed by atoms with Gasteiger partial charge < -0.3 is 10.3 Å². The highest BCUT2D eigenvalue weighted by atomic mass is 35.5. The van der Waals surface area contributed by atoms with Crippen molar-refractivity contribution >= 4 is 17.5 Å². The molecule has 0 saturated heterocycles. The lowest BCUT2D eigenvalue weighted by atomic mass is 10.1. The normalized spacial score (nSPS) is 10.9. The van der Waals surface area contributed by atoms with Crippen molar-refractivity contribution in [1.29, 1.82) is 0 Å². The maximum absolute atomic E-state index is 11.5. The third-order valence-electron chi connectivity index (χ3n) is 2.76. The molecule has 2 N–H and O–H groups in total. The number of nitrogens with two attached hydrogens (primary N) is 1. The van der Waals surface area contributed by atoms with Gasteiger partial charge in [-0.15, -0.1) is 0 Å². The molecule has 5 heteroatoms. The molecule has 0 aliphatic heterocycles. The molecule has 0 aliphatic rings. The van der Waals surface area contributed by atoms with E-state index in [0.717, 1.165) is 12.1 Å². The topological polar surface area (TPSA) is 60.9 Å². The monoisotopic (exact) mass is 277 g/mol.